The maximum atomic E-state index is 11.1. The molecule has 0 saturated heterocycles. The van der Waals surface area contributed by atoms with Crippen LogP contribution < -0.4 is 10.1 Å². The molecule has 0 bridgehead atoms. The minimum Gasteiger partial charge on any atom is -0.493 e. The molecule has 1 heterocycles. The van der Waals surface area contributed by atoms with Crippen LogP contribution in [0.4, 0.5) is 11.4 Å². The first-order valence-electron chi connectivity index (χ1n) is 6.58. The molecule has 2 aromatic rings. The molecular weight excluding hydrogens is 292 g/mol. The van der Waals surface area contributed by atoms with Crippen molar-refractivity contribution in [1.82, 2.24) is 0 Å². The third-order valence-electron chi connectivity index (χ3n) is 3.47. The van der Waals surface area contributed by atoms with Gasteiger partial charge in [0.2, 0.25) is 0 Å². The van der Waals surface area contributed by atoms with Gasteiger partial charge in [0.15, 0.2) is 0 Å². The number of hydrogen-bond donors (Lipinski definition) is 1. The Morgan fingerprint density at radius 3 is 2.86 bits per heavy atom. The summed E-state index contributed by atoms with van der Waals surface area (Å²) in [6.07, 6.45) is 0.722. The van der Waals surface area contributed by atoms with Crippen molar-refractivity contribution in [3.8, 4) is 5.75 Å². The van der Waals surface area contributed by atoms with Gasteiger partial charge in [-0.05, 0) is 12.1 Å². The summed E-state index contributed by atoms with van der Waals surface area (Å²) in [7, 11) is 0. The molecular formula is C15H13ClN2O3. The number of benzene rings is 2. The third kappa shape index (κ3) is 2.64. The van der Waals surface area contributed by atoms with E-state index in [0.29, 0.717) is 17.3 Å². The molecule has 0 spiro atoms. The van der Waals surface area contributed by atoms with Gasteiger partial charge in [-0.2, -0.15) is 0 Å². The van der Waals surface area contributed by atoms with Crippen molar-refractivity contribution >= 4 is 23.0 Å². The lowest BCUT2D eigenvalue weighted by molar-refractivity contribution is -0.384. The first-order chi connectivity index (χ1) is 10.2. The Balaban J connectivity index is 1.97. The van der Waals surface area contributed by atoms with Gasteiger partial charge in [0.25, 0.3) is 5.69 Å². The van der Waals surface area contributed by atoms with Crippen molar-refractivity contribution in [2.45, 2.75) is 12.5 Å². The number of fused-ring (bicyclic) bond motifs is 1. The Labute approximate surface area is 126 Å². The molecule has 0 radical (unpaired) electrons. The summed E-state index contributed by atoms with van der Waals surface area (Å²) >= 11 is 6.12. The number of para-hydroxylation sites is 2. The highest BCUT2D eigenvalue weighted by molar-refractivity contribution is 6.33. The molecule has 2 aromatic carbocycles. The van der Waals surface area contributed by atoms with E-state index in [9.17, 15) is 10.1 Å². The fourth-order valence-corrected chi connectivity index (χ4v) is 2.70. The highest BCUT2D eigenvalue weighted by Gasteiger charge is 2.25. The van der Waals surface area contributed by atoms with Gasteiger partial charge in [0.05, 0.1) is 22.6 Å². The highest BCUT2D eigenvalue weighted by atomic mass is 35.5. The zero-order valence-electron chi connectivity index (χ0n) is 11.1. The van der Waals surface area contributed by atoms with E-state index in [-0.39, 0.29) is 11.7 Å². The van der Waals surface area contributed by atoms with Crippen LogP contribution in [0.25, 0.3) is 0 Å². The van der Waals surface area contributed by atoms with Gasteiger partial charge < -0.3 is 10.1 Å². The monoisotopic (exact) mass is 304 g/mol. The average Bonchev–Trinajstić information content (AvgIpc) is 2.49. The van der Waals surface area contributed by atoms with Gasteiger partial charge >= 0.3 is 0 Å². The van der Waals surface area contributed by atoms with Gasteiger partial charge in [0, 0.05) is 18.1 Å². The number of anilines is 1. The fourth-order valence-electron chi connectivity index (χ4n) is 2.47. The van der Waals surface area contributed by atoms with E-state index in [4.69, 9.17) is 16.3 Å². The largest absolute Gasteiger partial charge is 0.493 e. The van der Waals surface area contributed by atoms with Crippen LogP contribution in [0.1, 0.15) is 18.0 Å². The van der Waals surface area contributed by atoms with Crippen LogP contribution in [-0.2, 0) is 0 Å². The summed E-state index contributed by atoms with van der Waals surface area (Å²) in [5, 5.41) is 14.7. The molecule has 0 aliphatic carbocycles. The number of hydrogen-bond acceptors (Lipinski definition) is 4. The van der Waals surface area contributed by atoms with Crippen LogP contribution in [0, 0.1) is 10.1 Å². The Kier molecular flexibility index (Phi) is 3.66. The smallest absolute Gasteiger partial charge is 0.293 e. The normalized spacial score (nSPS) is 16.7. The van der Waals surface area contributed by atoms with E-state index in [1.54, 1.807) is 12.1 Å². The second-order valence-electron chi connectivity index (χ2n) is 4.76. The zero-order chi connectivity index (χ0) is 14.8. The Bertz CT molecular complexity index is 690. The number of nitro benzene ring substituents is 1. The summed E-state index contributed by atoms with van der Waals surface area (Å²) in [6.45, 7) is 0.562. The molecule has 0 fully saturated rings. The highest BCUT2D eigenvalue weighted by Crippen LogP contribution is 2.39. The van der Waals surface area contributed by atoms with Crippen molar-refractivity contribution in [3.05, 3.63) is 63.2 Å². The second kappa shape index (κ2) is 5.61. The molecule has 1 aliphatic heterocycles. The summed E-state index contributed by atoms with van der Waals surface area (Å²) in [5.41, 5.74) is 1.32. The number of rotatable bonds is 3. The quantitative estimate of drug-likeness (QED) is 0.682. The van der Waals surface area contributed by atoms with Crippen molar-refractivity contribution < 1.29 is 9.66 Å². The van der Waals surface area contributed by atoms with Gasteiger partial charge in [-0.3, -0.25) is 10.1 Å². The summed E-state index contributed by atoms with van der Waals surface area (Å²) < 4.78 is 5.59. The van der Waals surface area contributed by atoms with Crippen molar-refractivity contribution in [3.63, 3.8) is 0 Å². The molecule has 0 amide bonds. The molecule has 1 N–H and O–H groups in total. The Morgan fingerprint density at radius 1 is 1.24 bits per heavy atom. The minimum atomic E-state index is -0.431. The molecule has 21 heavy (non-hydrogen) atoms. The molecule has 1 aliphatic rings. The predicted molar refractivity (Wildman–Crippen MR) is 81.0 cm³/mol. The summed E-state index contributed by atoms with van der Waals surface area (Å²) in [4.78, 5) is 10.7. The molecule has 5 nitrogen and oxygen atoms in total. The Morgan fingerprint density at radius 2 is 2.05 bits per heavy atom. The van der Waals surface area contributed by atoms with Crippen LogP contribution in [0.2, 0.25) is 5.02 Å². The van der Waals surface area contributed by atoms with Crippen LogP contribution >= 0.6 is 11.6 Å². The van der Waals surface area contributed by atoms with E-state index in [2.05, 4.69) is 5.32 Å². The van der Waals surface area contributed by atoms with Gasteiger partial charge in [0.1, 0.15) is 11.4 Å². The molecule has 108 valence electrons. The van der Waals surface area contributed by atoms with Crippen LogP contribution in [0.3, 0.4) is 0 Å². The van der Waals surface area contributed by atoms with Gasteiger partial charge in [-0.15, -0.1) is 0 Å². The van der Waals surface area contributed by atoms with E-state index < -0.39 is 4.92 Å². The van der Waals surface area contributed by atoms with Crippen molar-refractivity contribution in [2.24, 2.45) is 0 Å². The number of nitrogens with one attached hydrogen (secondary N) is 1. The van der Waals surface area contributed by atoms with E-state index >= 15 is 0 Å². The van der Waals surface area contributed by atoms with Crippen LogP contribution in [0.5, 0.6) is 5.75 Å². The average molecular weight is 305 g/mol. The maximum Gasteiger partial charge on any atom is 0.293 e. The van der Waals surface area contributed by atoms with Gasteiger partial charge in [-0.25, -0.2) is 0 Å². The lowest BCUT2D eigenvalue weighted by Crippen LogP contribution is -2.20. The lowest BCUT2D eigenvalue weighted by Gasteiger charge is -2.27. The van der Waals surface area contributed by atoms with Crippen LogP contribution in [-0.4, -0.2) is 11.5 Å². The lowest BCUT2D eigenvalue weighted by atomic mass is 10.00. The predicted octanol–water partition coefficient (Wildman–Crippen LogP) is 4.18. The Hall–Kier alpha value is -2.27. The first kappa shape index (κ1) is 13.7. The molecule has 6 heteroatoms. The number of nitrogens with zero attached hydrogens (tertiary/aromatic N) is 1. The number of nitro groups is 1. The fraction of sp³-hybridized carbons (Fsp3) is 0.200. The van der Waals surface area contributed by atoms with E-state index in [1.165, 1.54) is 6.07 Å². The molecule has 3 rings (SSSR count). The first-order valence-corrected chi connectivity index (χ1v) is 6.96. The summed E-state index contributed by atoms with van der Waals surface area (Å²) in [6, 6.07) is 12.3. The minimum absolute atomic E-state index is 0.0218. The summed E-state index contributed by atoms with van der Waals surface area (Å²) in [5.74, 6) is 0.802. The molecule has 0 saturated carbocycles. The van der Waals surface area contributed by atoms with E-state index in [0.717, 1.165) is 17.7 Å². The van der Waals surface area contributed by atoms with Crippen molar-refractivity contribution in [1.29, 1.82) is 0 Å². The third-order valence-corrected chi connectivity index (χ3v) is 3.78. The van der Waals surface area contributed by atoms with Crippen molar-refractivity contribution in [2.75, 3.05) is 11.9 Å². The second-order valence-corrected chi connectivity index (χ2v) is 5.17. The van der Waals surface area contributed by atoms with E-state index in [1.807, 2.05) is 24.3 Å². The molecule has 1 atom stereocenters. The topological polar surface area (TPSA) is 64.4 Å². The standard InChI is InChI=1S/C15H13ClN2O3/c16-11-5-3-6-13(18(19)20)15(11)17-12-8-9-21-14-7-2-1-4-10(12)14/h1-7,12,17H,8-9H2. The van der Waals surface area contributed by atoms with Gasteiger partial charge in [-0.1, -0.05) is 35.9 Å². The SMILES string of the molecule is O=[N+]([O-])c1cccc(Cl)c1NC1CCOc2ccccc21. The molecule has 0 aromatic heterocycles. The number of halogens is 1. The number of ether oxygens (including phenoxy) is 1. The maximum absolute atomic E-state index is 11.1. The zero-order valence-corrected chi connectivity index (χ0v) is 11.8. The van der Waals surface area contributed by atoms with Crippen LogP contribution in [0.15, 0.2) is 42.5 Å². The molecule has 1 unspecified atom stereocenters.